The number of carbonyl (C=O) groups excluding carboxylic acids is 3. The average molecular weight is 480 g/mol. The second kappa shape index (κ2) is 12.4. The second-order valence-electron chi connectivity index (χ2n) is 9.61. The maximum absolute atomic E-state index is 13.1. The van der Waals surface area contributed by atoms with E-state index in [-0.39, 0.29) is 11.8 Å². The molecule has 0 heterocycles. The molecule has 35 heavy (non-hydrogen) atoms. The average Bonchev–Trinajstić information content (AvgIpc) is 2.83. The lowest BCUT2D eigenvalue weighted by atomic mass is 9.90. The Labute approximate surface area is 207 Å². The van der Waals surface area contributed by atoms with Gasteiger partial charge in [-0.15, -0.1) is 0 Å². The van der Waals surface area contributed by atoms with E-state index >= 15 is 0 Å². The van der Waals surface area contributed by atoms with Crippen LogP contribution >= 0.6 is 0 Å². The van der Waals surface area contributed by atoms with Gasteiger partial charge in [-0.3, -0.25) is 14.4 Å². The van der Waals surface area contributed by atoms with Crippen molar-refractivity contribution in [1.82, 2.24) is 10.6 Å². The van der Waals surface area contributed by atoms with Gasteiger partial charge < -0.3 is 21.1 Å². The minimum Gasteiger partial charge on any atom is -0.492 e. The fourth-order valence-electron chi connectivity index (χ4n) is 4.51. The van der Waals surface area contributed by atoms with Crippen LogP contribution in [0.1, 0.15) is 79.0 Å². The van der Waals surface area contributed by atoms with Crippen LogP contribution in [0.15, 0.2) is 42.5 Å². The van der Waals surface area contributed by atoms with Crippen molar-refractivity contribution in [2.75, 3.05) is 6.61 Å². The van der Waals surface area contributed by atoms with Gasteiger partial charge in [-0.1, -0.05) is 55.2 Å². The van der Waals surface area contributed by atoms with Gasteiger partial charge in [0.25, 0.3) is 5.91 Å². The molecular formula is C28H37N3O4. The molecule has 4 N–H and O–H groups in total. The Morgan fingerprint density at radius 2 is 1.71 bits per heavy atom. The van der Waals surface area contributed by atoms with Crippen LogP contribution < -0.4 is 21.1 Å². The summed E-state index contributed by atoms with van der Waals surface area (Å²) >= 11 is 0. The smallest absolute Gasteiger partial charge is 0.252 e. The summed E-state index contributed by atoms with van der Waals surface area (Å²) < 4.78 is 5.97. The van der Waals surface area contributed by atoms with E-state index in [1.807, 2.05) is 44.2 Å². The van der Waals surface area contributed by atoms with Crippen molar-refractivity contribution in [2.45, 2.75) is 71.4 Å². The van der Waals surface area contributed by atoms with E-state index in [1.54, 1.807) is 12.1 Å². The van der Waals surface area contributed by atoms with E-state index in [1.165, 1.54) is 26.2 Å². The van der Waals surface area contributed by atoms with Gasteiger partial charge in [-0.2, -0.15) is 0 Å². The van der Waals surface area contributed by atoms with Crippen LogP contribution in [-0.2, 0) is 16.0 Å². The molecule has 2 aromatic carbocycles. The number of benzene rings is 2. The molecule has 3 amide bonds. The van der Waals surface area contributed by atoms with Gasteiger partial charge in [-0.25, -0.2) is 0 Å². The van der Waals surface area contributed by atoms with Crippen molar-refractivity contribution in [3.8, 4) is 5.75 Å². The highest BCUT2D eigenvalue weighted by atomic mass is 16.5. The van der Waals surface area contributed by atoms with E-state index in [0.717, 1.165) is 29.5 Å². The molecule has 2 aromatic rings. The van der Waals surface area contributed by atoms with Crippen LogP contribution in [0.25, 0.3) is 0 Å². The van der Waals surface area contributed by atoms with E-state index in [2.05, 4.69) is 10.6 Å². The predicted molar refractivity (Wildman–Crippen MR) is 136 cm³/mol. The van der Waals surface area contributed by atoms with Gasteiger partial charge in [0.15, 0.2) is 0 Å². The highest BCUT2D eigenvalue weighted by Crippen LogP contribution is 2.27. The van der Waals surface area contributed by atoms with E-state index in [0.29, 0.717) is 30.3 Å². The number of hydrogen-bond donors (Lipinski definition) is 3. The molecule has 2 atom stereocenters. The lowest BCUT2D eigenvalue weighted by Gasteiger charge is -2.23. The zero-order valence-electron chi connectivity index (χ0n) is 20.9. The highest BCUT2D eigenvalue weighted by molar-refractivity contribution is 5.96. The number of hydrogen-bond acceptors (Lipinski definition) is 4. The summed E-state index contributed by atoms with van der Waals surface area (Å²) in [5, 5.41) is 5.70. The minimum absolute atomic E-state index is 0.277. The molecule has 0 saturated heterocycles. The third kappa shape index (κ3) is 7.84. The Balaban J connectivity index is 1.68. The molecule has 7 nitrogen and oxygen atoms in total. The number of rotatable bonds is 10. The van der Waals surface area contributed by atoms with Gasteiger partial charge >= 0.3 is 0 Å². The Hall–Kier alpha value is -3.35. The number of nitrogens with two attached hydrogens (primary N) is 1. The molecule has 0 bridgehead atoms. The molecule has 1 saturated carbocycles. The number of amides is 3. The lowest BCUT2D eigenvalue weighted by molar-refractivity contribution is -0.128. The largest absolute Gasteiger partial charge is 0.492 e. The third-order valence-electron chi connectivity index (χ3n) is 6.58. The van der Waals surface area contributed by atoms with Crippen LogP contribution in [0.4, 0.5) is 0 Å². The first-order valence-electron chi connectivity index (χ1n) is 12.4. The van der Waals surface area contributed by atoms with Gasteiger partial charge in [0.1, 0.15) is 11.8 Å². The number of primary amides is 1. The molecular weight excluding hydrogens is 442 g/mol. The van der Waals surface area contributed by atoms with Crippen molar-refractivity contribution < 1.29 is 19.1 Å². The van der Waals surface area contributed by atoms with Gasteiger partial charge in [0, 0.05) is 13.3 Å². The molecule has 1 aliphatic carbocycles. The van der Waals surface area contributed by atoms with E-state index < -0.39 is 18.0 Å². The molecule has 188 valence electrons. The summed E-state index contributed by atoms with van der Waals surface area (Å²) in [5.41, 5.74) is 8.75. The topological polar surface area (TPSA) is 111 Å². The number of aryl methyl sites for hydroxylation is 1. The molecule has 0 radical (unpaired) electrons. The van der Waals surface area contributed by atoms with Crippen molar-refractivity contribution in [3.63, 3.8) is 0 Å². The van der Waals surface area contributed by atoms with Crippen molar-refractivity contribution in [1.29, 1.82) is 0 Å². The SMILES string of the molecule is CC(=O)N[C@@H](Cc1ccc(C)cc1)C(=O)NC(C)c1ccc(OCC2CCCCC2)c(C(N)=O)c1. The maximum Gasteiger partial charge on any atom is 0.252 e. The van der Waals surface area contributed by atoms with E-state index in [9.17, 15) is 14.4 Å². The van der Waals surface area contributed by atoms with Gasteiger partial charge in [-0.05, 0) is 55.9 Å². The normalized spacial score (nSPS) is 15.6. The molecule has 0 aromatic heterocycles. The van der Waals surface area contributed by atoms with E-state index in [4.69, 9.17) is 10.5 Å². The first kappa shape index (κ1) is 26.3. The number of ether oxygens (including phenoxy) is 1. The fourth-order valence-corrected chi connectivity index (χ4v) is 4.51. The van der Waals surface area contributed by atoms with Gasteiger partial charge in [0.05, 0.1) is 18.2 Å². The summed E-state index contributed by atoms with van der Waals surface area (Å²) in [7, 11) is 0. The summed E-state index contributed by atoms with van der Waals surface area (Å²) in [6, 6.07) is 12.0. The first-order valence-corrected chi connectivity index (χ1v) is 12.4. The standard InChI is InChI=1S/C28H37N3O4/c1-18-9-11-21(12-10-18)15-25(31-20(3)32)28(34)30-19(2)23-13-14-26(24(16-23)27(29)33)35-17-22-7-5-4-6-8-22/h9-14,16,19,22,25H,4-8,15,17H2,1-3H3,(H2,29,33)(H,30,34)(H,31,32)/t19?,25-/m0/s1. The van der Waals surface area contributed by atoms with Gasteiger partial charge in [0.2, 0.25) is 11.8 Å². The maximum atomic E-state index is 13.1. The lowest BCUT2D eigenvalue weighted by Crippen LogP contribution is -2.48. The summed E-state index contributed by atoms with van der Waals surface area (Å²) in [4.78, 5) is 36.9. The molecule has 3 rings (SSSR count). The van der Waals surface area contributed by atoms with Crippen LogP contribution in [0, 0.1) is 12.8 Å². The Morgan fingerprint density at radius 1 is 1.03 bits per heavy atom. The quantitative estimate of drug-likeness (QED) is 0.479. The third-order valence-corrected chi connectivity index (χ3v) is 6.58. The second-order valence-corrected chi connectivity index (χ2v) is 9.61. The fraction of sp³-hybridized carbons (Fsp3) is 0.464. The van der Waals surface area contributed by atoms with Crippen LogP contribution in [0.5, 0.6) is 5.75 Å². The Kier molecular flexibility index (Phi) is 9.29. The predicted octanol–water partition coefficient (Wildman–Crippen LogP) is 3.98. The monoisotopic (exact) mass is 479 g/mol. The molecule has 7 heteroatoms. The van der Waals surface area contributed by atoms with Crippen LogP contribution in [0.2, 0.25) is 0 Å². The zero-order chi connectivity index (χ0) is 25.4. The first-order chi connectivity index (χ1) is 16.7. The molecule has 0 aliphatic heterocycles. The summed E-state index contributed by atoms with van der Waals surface area (Å²) in [6.45, 7) is 5.79. The number of carbonyl (C=O) groups is 3. The number of nitrogens with one attached hydrogen (secondary N) is 2. The summed E-state index contributed by atoms with van der Waals surface area (Å²) in [6.07, 6.45) is 6.37. The molecule has 1 unspecified atom stereocenters. The minimum atomic E-state index is -0.716. The van der Waals surface area contributed by atoms with Crippen molar-refractivity contribution in [3.05, 3.63) is 64.7 Å². The van der Waals surface area contributed by atoms with Crippen molar-refractivity contribution >= 4 is 17.7 Å². The Bertz CT molecular complexity index is 1030. The van der Waals surface area contributed by atoms with Crippen LogP contribution in [0.3, 0.4) is 0 Å². The zero-order valence-corrected chi connectivity index (χ0v) is 20.9. The molecule has 1 fully saturated rings. The summed E-state index contributed by atoms with van der Waals surface area (Å²) in [5.74, 6) is -0.172. The molecule has 1 aliphatic rings. The van der Waals surface area contributed by atoms with Crippen LogP contribution in [-0.4, -0.2) is 30.4 Å². The van der Waals surface area contributed by atoms with Crippen molar-refractivity contribution in [2.24, 2.45) is 11.7 Å². The highest BCUT2D eigenvalue weighted by Gasteiger charge is 2.23. The Morgan fingerprint density at radius 3 is 2.34 bits per heavy atom. The molecule has 0 spiro atoms.